The van der Waals surface area contributed by atoms with Crippen molar-refractivity contribution in [3.05, 3.63) is 70.1 Å². The molecule has 1 saturated carbocycles. The molecule has 1 aliphatic rings. The van der Waals surface area contributed by atoms with Gasteiger partial charge in [0.05, 0.1) is 33.9 Å². The highest BCUT2D eigenvalue weighted by atomic mass is 79.9. The molecule has 1 aliphatic carbocycles. The van der Waals surface area contributed by atoms with Gasteiger partial charge in [0.1, 0.15) is 5.82 Å². The zero-order valence-corrected chi connectivity index (χ0v) is 21.6. The predicted molar refractivity (Wildman–Crippen MR) is 128 cm³/mol. The molecule has 0 spiro atoms. The molecule has 1 N–H and O–H groups in total. The van der Waals surface area contributed by atoms with E-state index in [2.05, 4.69) is 25.8 Å². The Kier molecular flexibility index (Phi) is 6.65. The third-order valence-electron chi connectivity index (χ3n) is 5.82. The van der Waals surface area contributed by atoms with Crippen molar-refractivity contribution in [3.8, 4) is 11.3 Å². The summed E-state index contributed by atoms with van der Waals surface area (Å²) in [4.78, 5) is -0.260. The maximum Gasteiger partial charge on any atom is 0.416 e. The standard InChI is InChI=1S/C24H24BrF4N3O2S/c1-23(2,3)32-22(18-11-8-16(26)12-20(18)25)19(13-30-32)21(14-4-5-14)31-35(33,34)17-9-6-15(7-10-17)24(27,28)29/h6-14,21,31H,4-5H2,1-3H3/t21-/m1/s1. The van der Waals surface area contributed by atoms with Crippen molar-refractivity contribution in [2.45, 2.75) is 56.3 Å². The lowest BCUT2D eigenvalue weighted by Crippen LogP contribution is -2.31. The number of sulfonamides is 1. The van der Waals surface area contributed by atoms with Crippen LogP contribution in [-0.4, -0.2) is 18.2 Å². The number of benzene rings is 2. The first kappa shape index (κ1) is 25.8. The molecule has 0 saturated heterocycles. The van der Waals surface area contributed by atoms with Crippen LogP contribution in [0.25, 0.3) is 11.3 Å². The van der Waals surface area contributed by atoms with Crippen molar-refractivity contribution in [3.63, 3.8) is 0 Å². The molecular formula is C24H24BrF4N3O2S. The number of nitrogens with zero attached hydrogens (tertiary/aromatic N) is 2. The maximum atomic E-state index is 13.8. The Morgan fingerprint density at radius 3 is 2.23 bits per heavy atom. The molecule has 1 fully saturated rings. The van der Waals surface area contributed by atoms with E-state index in [1.807, 2.05) is 20.8 Å². The molecule has 0 amide bonds. The fourth-order valence-electron chi connectivity index (χ4n) is 3.95. The largest absolute Gasteiger partial charge is 0.416 e. The molecule has 4 rings (SSSR count). The number of hydrogen-bond donors (Lipinski definition) is 1. The van der Waals surface area contributed by atoms with Crippen molar-refractivity contribution in [2.75, 3.05) is 0 Å². The van der Waals surface area contributed by atoms with Crippen LogP contribution in [0.3, 0.4) is 0 Å². The fraction of sp³-hybridized carbons (Fsp3) is 0.375. The third kappa shape index (κ3) is 5.46. The highest BCUT2D eigenvalue weighted by Gasteiger charge is 2.39. The highest BCUT2D eigenvalue weighted by Crippen LogP contribution is 2.46. The molecule has 2 aromatic carbocycles. The fourth-order valence-corrected chi connectivity index (χ4v) is 5.77. The number of rotatable bonds is 6. The Labute approximate surface area is 209 Å². The molecule has 3 aromatic rings. The molecule has 35 heavy (non-hydrogen) atoms. The smallest absolute Gasteiger partial charge is 0.259 e. The zero-order chi connectivity index (χ0) is 25.8. The summed E-state index contributed by atoms with van der Waals surface area (Å²) in [6.07, 6.45) is -1.39. The lowest BCUT2D eigenvalue weighted by atomic mass is 9.98. The second kappa shape index (κ2) is 9.01. The zero-order valence-electron chi connectivity index (χ0n) is 19.2. The molecule has 0 bridgehead atoms. The van der Waals surface area contributed by atoms with Crippen LogP contribution in [0.5, 0.6) is 0 Å². The van der Waals surface area contributed by atoms with Crippen LogP contribution >= 0.6 is 15.9 Å². The van der Waals surface area contributed by atoms with Gasteiger partial charge in [-0.15, -0.1) is 0 Å². The van der Waals surface area contributed by atoms with E-state index in [1.54, 1.807) is 16.9 Å². The molecule has 0 radical (unpaired) electrons. The van der Waals surface area contributed by atoms with Crippen molar-refractivity contribution >= 4 is 26.0 Å². The van der Waals surface area contributed by atoms with Gasteiger partial charge in [-0.2, -0.15) is 18.3 Å². The van der Waals surface area contributed by atoms with Gasteiger partial charge in [-0.25, -0.2) is 17.5 Å². The van der Waals surface area contributed by atoms with Gasteiger partial charge in [0, 0.05) is 15.6 Å². The quantitative estimate of drug-likeness (QED) is 0.335. The summed E-state index contributed by atoms with van der Waals surface area (Å²) in [6, 6.07) is 7.00. The molecule has 11 heteroatoms. The third-order valence-corrected chi connectivity index (χ3v) is 7.93. The van der Waals surface area contributed by atoms with Crippen molar-refractivity contribution in [2.24, 2.45) is 5.92 Å². The minimum absolute atomic E-state index is 0.00480. The summed E-state index contributed by atoms with van der Waals surface area (Å²) in [5.74, 6) is -0.430. The molecule has 188 valence electrons. The second-order valence-electron chi connectivity index (χ2n) is 9.61. The average Bonchev–Trinajstić information content (AvgIpc) is 3.49. The minimum Gasteiger partial charge on any atom is -0.259 e. The van der Waals surface area contributed by atoms with Crippen LogP contribution in [0.15, 0.2) is 58.0 Å². The maximum absolute atomic E-state index is 13.8. The van der Waals surface area contributed by atoms with Crippen LogP contribution in [0.4, 0.5) is 17.6 Å². The highest BCUT2D eigenvalue weighted by molar-refractivity contribution is 9.10. The summed E-state index contributed by atoms with van der Waals surface area (Å²) in [6.45, 7) is 5.84. The Balaban J connectivity index is 1.78. The van der Waals surface area contributed by atoms with Gasteiger partial charge >= 0.3 is 6.18 Å². The van der Waals surface area contributed by atoms with Crippen LogP contribution < -0.4 is 4.72 Å². The van der Waals surface area contributed by atoms with Crippen molar-refractivity contribution in [1.29, 1.82) is 0 Å². The number of alkyl halides is 3. The number of nitrogens with one attached hydrogen (secondary N) is 1. The summed E-state index contributed by atoms with van der Waals surface area (Å²) in [7, 11) is -4.14. The summed E-state index contributed by atoms with van der Waals surface area (Å²) in [5.41, 5.74) is 0.502. The molecule has 0 unspecified atom stereocenters. The van der Waals surface area contributed by atoms with Gasteiger partial charge < -0.3 is 0 Å². The van der Waals surface area contributed by atoms with Crippen LogP contribution in [-0.2, 0) is 21.7 Å². The lowest BCUT2D eigenvalue weighted by molar-refractivity contribution is -0.137. The first-order valence-electron chi connectivity index (χ1n) is 10.9. The van der Waals surface area contributed by atoms with Gasteiger partial charge in [-0.05, 0) is 97.9 Å². The van der Waals surface area contributed by atoms with Crippen molar-refractivity contribution in [1.82, 2.24) is 14.5 Å². The average molecular weight is 574 g/mol. The van der Waals surface area contributed by atoms with Crippen LogP contribution in [0.2, 0.25) is 0 Å². The summed E-state index contributed by atoms with van der Waals surface area (Å²) < 4.78 is 83.9. The Bertz CT molecular complexity index is 1340. The van der Waals surface area contributed by atoms with E-state index in [4.69, 9.17) is 0 Å². The summed E-state index contributed by atoms with van der Waals surface area (Å²) >= 11 is 3.41. The predicted octanol–water partition coefficient (Wildman–Crippen LogP) is 6.66. The van der Waals surface area contributed by atoms with Gasteiger partial charge in [0.2, 0.25) is 10.0 Å². The number of hydrogen-bond acceptors (Lipinski definition) is 3. The van der Waals surface area contributed by atoms with Gasteiger partial charge in [-0.3, -0.25) is 4.68 Å². The Morgan fingerprint density at radius 1 is 1.09 bits per heavy atom. The summed E-state index contributed by atoms with van der Waals surface area (Å²) in [5, 5.41) is 4.54. The van der Waals surface area contributed by atoms with Gasteiger partial charge in [0.25, 0.3) is 0 Å². The number of aromatic nitrogens is 2. The van der Waals surface area contributed by atoms with E-state index < -0.39 is 39.2 Å². The van der Waals surface area contributed by atoms with E-state index in [0.717, 1.165) is 37.1 Å². The van der Waals surface area contributed by atoms with E-state index in [-0.39, 0.29) is 10.8 Å². The van der Waals surface area contributed by atoms with Gasteiger partial charge in [0.15, 0.2) is 0 Å². The molecular weight excluding hydrogens is 550 g/mol. The van der Waals surface area contributed by atoms with E-state index in [0.29, 0.717) is 21.3 Å². The van der Waals surface area contributed by atoms with E-state index in [9.17, 15) is 26.0 Å². The minimum atomic E-state index is -4.56. The SMILES string of the molecule is CC(C)(C)n1ncc([C@H](NS(=O)(=O)c2ccc(C(F)(F)F)cc2)C2CC2)c1-c1ccc(F)cc1Br. The molecule has 1 heterocycles. The number of halogens is 5. The van der Waals surface area contributed by atoms with Gasteiger partial charge in [-0.1, -0.05) is 0 Å². The first-order valence-corrected chi connectivity index (χ1v) is 13.2. The second-order valence-corrected chi connectivity index (χ2v) is 12.2. The molecule has 1 aromatic heterocycles. The lowest BCUT2D eigenvalue weighted by Gasteiger charge is -2.25. The Morgan fingerprint density at radius 2 is 1.71 bits per heavy atom. The monoisotopic (exact) mass is 573 g/mol. The van der Waals surface area contributed by atoms with Crippen LogP contribution in [0.1, 0.15) is 50.8 Å². The molecule has 5 nitrogen and oxygen atoms in total. The first-order chi connectivity index (χ1) is 16.2. The van der Waals surface area contributed by atoms with E-state index >= 15 is 0 Å². The molecule has 1 atom stereocenters. The van der Waals surface area contributed by atoms with E-state index in [1.165, 1.54) is 12.1 Å². The van der Waals surface area contributed by atoms with Crippen LogP contribution in [0, 0.1) is 11.7 Å². The molecule has 0 aliphatic heterocycles. The Hall–Kier alpha value is -2.24. The topological polar surface area (TPSA) is 64.0 Å². The van der Waals surface area contributed by atoms with Crippen molar-refractivity contribution < 1.29 is 26.0 Å². The normalized spacial score (nSPS) is 15.9.